The number of hydrogen-bond acceptors (Lipinski definition) is 1. The molecule has 30 heavy (non-hydrogen) atoms. The molecule has 2 nitrogen and oxygen atoms in total. The van der Waals surface area contributed by atoms with E-state index in [-0.39, 0.29) is 0 Å². The van der Waals surface area contributed by atoms with E-state index in [1.54, 1.807) is 5.56 Å². The summed E-state index contributed by atoms with van der Waals surface area (Å²) in [5.41, 5.74) is 4.34. The van der Waals surface area contributed by atoms with E-state index < -0.39 is 0 Å². The van der Waals surface area contributed by atoms with Crippen molar-refractivity contribution < 1.29 is 0 Å². The summed E-state index contributed by atoms with van der Waals surface area (Å²) in [7, 11) is 0. The Morgan fingerprint density at radius 2 is 1.30 bits per heavy atom. The topological polar surface area (TPSA) is 27.8 Å². The van der Waals surface area contributed by atoms with Crippen LogP contribution in [0, 0.1) is 0 Å². The number of unbranched alkanes of at least 4 members (excludes halogenated alkanes) is 14. The van der Waals surface area contributed by atoms with Gasteiger partial charge >= 0.3 is 0 Å². The third kappa shape index (κ3) is 7.45. The van der Waals surface area contributed by atoms with Crippen molar-refractivity contribution in [3.8, 4) is 0 Å². The number of nitrogens with one attached hydrogen (secondary N) is 2. The summed E-state index contributed by atoms with van der Waals surface area (Å²) in [6, 6.07) is 9.34. The van der Waals surface area contributed by atoms with Gasteiger partial charge in [0.05, 0.1) is 0 Å². The molecule has 0 radical (unpaired) electrons. The minimum atomic E-state index is 0.531. The molecule has 1 aliphatic heterocycles. The Morgan fingerprint density at radius 1 is 0.733 bits per heavy atom. The average Bonchev–Trinajstić information content (AvgIpc) is 3.16. The predicted octanol–water partition coefficient (Wildman–Crippen LogP) is 8.62. The highest BCUT2D eigenvalue weighted by Gasteiger charge is 2.23. The highest BCUT2D eigenvalue weighted by Crippen LogP contribution is 2.32. The highest BCUT2D eigenvalue weighted by molar-refractivity contribution is 5.85. The van der Waals surface area contributed by atoms with E-state index in [0.717, 1.165) is 13.0 Å². The Kier molecular flexibility index (Phi) is 10.8. The molecule has 3 rings (SSSR count). The standard InChI is InChI=1S/C28H46N2/c1-2-3-4-5-6-7-8-9-10-11-12-13-14-15-16-21-27-28-25(22-23-29-27)24-19-17-18-20-26(24)30-28/h17-20,27,29-30H,2-16,21-23H2,1H3/t27-/m1/s1. The summed E-state index contributed by atoms with van der Waals surface area (Å²) in [5, 5.41) is 5.19. The first-order chi connectivity index (χ1) is 14.9. The minimum absolute atomic E-state index is 0.531. The van der Waals surface area contributed by atoms with Gasteiger partial charge in [0.25, 0.3) is 0 Å². The number of hydrogen-bond donors (Lipinski definition) is 2. The summed E-state index contributed by atoms with van der Waals surface area (Å²) in [5.74, 6) is 0. The lowest BCUT2D eigenvalue weighted by molar-refractivity contribution is 0.441. The maximum absolute atomic E-state index is 3.75. The smallest absolute Gasteiger partial charge is 0.0476 e. The van der Waals surface area contributed by atoms with Crippen LogP contribution in [0.3, 0.4) is 0 Å². The Bertz CT molecular complexity index is 702. The van der Waals surface area contributed by atoms with E-state index in [1.165, 1.54) is 119 Å². The van der Waals surface area contributed by atoms with Crippen molar-refractivity contribution in [2.24, 2.45) is 0 Å². The van der Waals surface area contributed by atoms with Crippen LogP contribution in [0.25, 0.3) is 10.9 Å². The predicted molar refractivity (Wildman–Crippen MR) is 132 cm³/mol. The lowest BCUT2D eigenvalue weighted by atomic mass is 9.95. The largest absolute Gasteiger partial charge is 0.357 e. The van der Waals surface area contributed by atoms with E-state index in [2.05, 4.69) is 41.5 Å². The Balaban J connectivity index is 1.18. The van der Waals surface area contributed by atoms with Crippen LogP contribution < -0.4 is 5.32 Å². The highest BCUT2D eigenvalue weighted by atomic mass is 15.0. The monoisotopic (exact) mass is 410 g/mol. The molecule has 0 spiro atoms. The van der Waals surface area contributed by atoms with Crippen molar-refractivity contribution in [2.75, 3.05) is 6.54 Å². The first kappa shape index (κ1) is 23.4. The number of aromatic amines is 1. The lowest BCUT2D eigenvalue weighted by Gasteiger charge is -2.24. The molecule has 1 atom stereocenters. The molecule has 0 bridgehead atoms. The average molecular weight is 411 g/mol. The van der Waals surface area contributed by atoms with Crippen molar-refractivity contribution in [2.45, 2.75) is 122 Å². The van der Waals surface area contributed by atoms with Crippen molar-refractivity contribution in [1.29, 1.82) is 0 Å². The van der Waals surface area contributed by atoms with Crippen molar-refractivity contribution in [1.82, 2.24) is 10.3 Å². The first-order valence-electron chi connectivity index (χ1n) is 13.2. The van der Waals surface area contributed by atoms with Crippen LogP contribution in [0.4, 0.5) is 0 Å². The van der Waals surface area contributed by atoms with E-state index in [4.69, 9.17) is 0 Å². The third-order valence-corrected chi connectivity index (χ3v) is 7.06. The molecule has 1 aromatic heterocycles. The maximum Gasteiger partial charge on any atom is 0.0476 e. The number of H-pyrrole nitrogens is 1. The zero-order valence-electron chi connectivity index (χ0n) is 19.6. The van der Waals surface area contributed by atoms with Gasteiger partial charge in [-0.1, -0.05) is 121 Å². The molecular weight excluding hydrogens is 364 g/mol. The van der Waals surface area contributed by atoms with E-state index in [9.17, 15) is 0 Å². The van der Waals surface area contributed by atoms with Crippen LogP contribution in [-0.4, -0.2) is 11.5 Å². The fourth-order valence-corrected chi connectivity index (χ4v) is 5.23. The van der Waals surface area contributed by atoms with Gasteiger partial charge in [-0.05, 0) is 31.0 Å². The third-order valence-electron chi connectivity index (χ3n) is 7.06. The number of fused-ring (bicyclic) bond motifs is 3. The summed E-state index contributed by atoms with van der Waals surface area (Å²) >= 11 is 0. The molecule has 0 unspecified atom stereocenters. The van der Waals surface area contributed by atoms with Gasteiger partial charge in [-0.25, -0.2) is 0 Å². The van der Waals surface area contributed by atoms with Crippen LogP contribution in [0.5, 0.6) is 0 Å². The summed E-state index contributed by atoms with van der Waals surface area (Å²) in [4.78, 5) is 3.71. The molecule has 2 heteroatoms. The summed E-state index contributed by atoms with van der Waals surface area (Å²) < 4.78 is 0. The van der Waals surface area contributed by atoms with Gasteiger partial charge < -0.3 is 10.3 Å². The number of rotatable bonds is 16. The zero-order valence-corrected chi connectivity index (χ0v) is 19.6. The molecular formula is C28H46N2. The lowest BCUT2D eigenvalue weighted by Crippen LogP contribution is -2.29. The zero-order chi connectivity index (χ0) is 20.9. The molecule has 2 aromatic rings. The quantitative estimate of drug-likeness (QED) is 0.266. The van der Waals surface area contributed by atoms with E-state index >= 15 is 0 Å². The molecule has 0 aliphatic carbocycles. The van der Waals surface area contributed by atoms with Crippen LogP contribution in [0.1, 0.15) is 127 Å². The van der Waals surface area contributed by atoms with Gasteiger partial charge in [-0.3, -0.25) is 0 Å². The maximum atomic E-state index is 3.75. The number of aromatic nitrogens is 1. The second kappa shape index (κ2) is 13.9. The van der Waals surface area contributed by atoms with E-state index in [0.29, 0.717) is 6.04 Å². The van der Waals surface area contributed by atoms with Crippen molar-refractivity contribution in [3.05, 3.63) is 35.5 Å². The van der Waals surface area contributed by atoms with Crippen LogP contribution in [0.15, 0.2) is 24.3 Å². The van der Waals surface area contributed by atoms with Gasteiger partial charge in [0.15, 0.2) is 0 Å². The molecule has 0 saturated carbocycles. The molecule has 1 aromatic carbocycles. The second-order valence-corrected chi connectivity index (χ2v) is 9.56. The van der Waals surface area contributed by atoms with Crippen LogP contribution >= 0.6 is 0 Å². The Morgan fingerprint density at radius 3 is 1.93 bits per heavy atom. The Labute approximate surface area is 185 Å². The molecule has 1 aliphatic rings. The molecule has 2 heterocycles. The molecule has 168 valence electrons. The van der Waals surface area contributed by atoms with Gasteiger partial charge in [0.2, 0.25) is 0 Å². The van der Waals surface area contributed by atoms with Gasteiger partial charge in [0, 0.05) is 22.6 Å². The molecule has 0 saturated heterocycles. The molecule has 0 amide bonds. The number of para-hydroxylation sites is 1. The van der Waals surface area contributed by atoms with Crippen molar-refractivity contribution >= 4 is 10.9 Å². The van der Waals surface area contributed by atoms with E-state index in [1.807, 2.05) is 0 Å². The molecule has 0 fully saturated rings. The minimum Gasteiger partial charge on any atom is -0.357 e. The fraction of sp³-hybridized carbons (Fsp3) is 0.714. The first-order valence-corrected chi connectivity index (χ1v) is 13.2. The van der Waals surface area contributed by atoms with Gasteiger partial charge in [0.1, 0.15) is 0 Å². The second-order valence-electron chi connectivity index (χ2n) is 9.56. The van der Waals surface area contributed by atoms with Gasteiger partial charge in [-0.15, -0.1) is 0 Å². The summed E-state index contributed by atoms with van der Waals surface area (Å²) in [6.45, 7) is 3.42. The van der Waals surface area contributed by atoms with Crippen LogP contribution in [-0.2, 0) is 6.42 Å². The summed E-state index contributed by atoms with van der Waals surface area (Å²) in [6.07, 6.45) is 24.0. The fourth-order valence-electron chi connectivity index (χ4n) is 5.23. The van der Waals surface area contributed by atoms with Crippen LogP contribution in [0.2, 0.25) is 0 Å². The molecule has 2 N–H and O–H groups in total. The number of benzene rings is 1. The van der Waals surface area contributed by atoms with Crippen molar-refractivity contribution in [3.63, 3.8) is 0 Å². The SMILES string of the molecule is CCCCCCCCCCCCCCCCC[C@H]1NCCc2c1[nH]c1ccccc21. The normalized spacial score (nSPS) is 16.2. The van der Waals surface area contributed by atoms with Gasteiger partial charge in [-0.2, -0.15) is 0 Å². The Hall–Kier alpha value is -1.28.